The molecule has 1 aromatic rings. The Morgan fingerprint density at radius 3 is 2.85 bits per heavy atom. The zero-order valence-electron chi connectivity index (χ0n) is 7.23. The molecule has 0 spiro atoms. The molecule has 1 saturated heterocycles. The van der Waals surface area contributed by atoms with Crippen LogP contribution in [0, 0.1) is 17.0 Å². The molecule has 0 saturated carbocycles. The highest BCUT2D eigenvalue weighted by atomic mass is 16.6. The highest BCUT2D eigenvalue weighted by Crippen LogP contribution is 2.18. The monoisotopic (exact) mass is 182 g/mol. The lowest BCUT2D eigenvalue weighted by molar-refractivity contribution is -0.389. The first-order valence-corrected chi connectivity index (χ1v) is 4.10. The molecular formula is C7H10N4O2. The molecule has 1 fully saturated rings. The van der Waals surface area contributed by atoms with E-state index in [2.05, 4.69) is 10.4 Å². The van der Waals surface area contributed by atoms with E-state index in [-0.39, 0.29) is 11.9 Å². The van der Waals surface area contributed by atoms with Gasteiger partial charge in [0.2, 0.25) is 0 Å². The normalized spacial score (nSPS) is 17.0. The van der Waals surface area contributed by atoms with Crippen molar-refractivity contribution in [3.05, 3.63) is 21.9 Å². The van der Waals surface area contributed by atoms with Crippen LogP contribution in [-0.2, 0) is 0 Å². The van der Waals surface area contributed by atoms with E-state index in [0.717, 1.165) is 18.8 Å². The van der Waals surface area contributed by atoms with E-state index in [9.17, 15) is 10.1 Å². The molecule has 0 bridgehead atoms. The molecule has 13 heavy (non-hydrogen) atoms. The lowest BCUT2D eigenvalue weighted by Crippen LogP contribution is -2.44. The van der Waals surface area contributed by atoms with Crippen molar-refractivity contribution in [1.29, 1.82) is 0 Å². The number of nitro groups is 1. The summed E-state index contributed by atoms with van der Waals surface area (Å²) in [4.78, 5) is 9.95. The van der Waals surface area contributed by atoms with Crippen LogP contribution in [0.1, 0.15) is 11.7 Å². The molecule has 1 aliphatic heterocycles. The number of hydrogen-bond donors (Lipinski definition) is 1. The summed E-state index contributed by atoms with van der Waals surface area (Å²) in [5.41, 5.74) is 0.846. The summed E-state index contributed by atoms with van der Waals surface area (Å²) in [6, 6.07) is 1.78. The Labute approximate surface area is 74.7 Å². The minimum atomic E-state index is -0.463. The highest BCUT2D eigenvalue weighted by molar-refractivity contribution is 5.21. The molecule has 2 rings (SSSR count). The van der Waals surface area contributed by atoms with Crippen molar-refractivity contribution in [2.45, 2.75) is 13.0 Å². The van der Waals surface area contributed by atoms with E-state index >= 15 is 0 Å². The van der Waals surface area contributed by atoms with Gasteiger partial charge in [0.1, 0.15) is 0 Å². The fourth-order valence-electron chi connectivity index (χ4n) is 1.38. The van der Waals surface area contributed by atoms with Crippen LogP contribution in [0.4, 0.5) is 5.82 Å². The average Bonchev–Trinajstić information content (AvgIpc) is 2.29. The van der Waals surface area contributed by atoms with Gasteiger partial charge < -0.3 is 15.4 Å². The van der Waals surface area contributed by atoms with Gasteiger partial charge in [-0.2, -0.15) is 4.68 Å². The molecule has 2 heterocycles. The first kappa shape index (κ1) is 8.18. The van der Waals surface area contributed by atoms with E-state index in [1.807, 2.05) is 6.92 Å². The third kappa shape index (κ3) is 1.29. The number of aryl methyl sites for hydroxylation is 1. The SMILES string of the molecule is Cc1cc([N+](=O)[O-])nn1C1CNC1. The Morgan fingerprint density at radius 2 is 2.46 bits per heavy atom. The van der Waals surface area contributed by atoms with E-state index < -0.39 is 4.92 Å². The largest absolute Gasteiger partial charge is 0.390 e. The van der Waals surface area contributed by atoms with Crippen LogP contribution < -0.4 is 5.32 Å². The van der Waals surface area contributed by atoms with Crippen molar-refractivity contribution in [3.63, 3.8) is 0 Å². The smallest absolute Gasteiger partial charge is 0.358 e. The van der Waals surface area contributed by atoms with Gasteiger partial charge in [-0.1, -0.05) is 0 Å². The molecule has 1 N–H and O–H groups in total. The van der Waals surface area contributed by atoms with E-state index in [1.165, 1.54) is 6.07 Å². The molecule has 0 unspecified atom stereocenters. The van der Waals surface area contributed by atoms with Crippen LogP contribution in [0.25, 0.3) is 0 Å². The molecule has 70 valence electrons. The molecule has 0 radical (unpaired) electrons. The third-order valence-electron chi connectivity index (χ3n) is 2.20. The standard InChI is InChI=1S/C7H10N4O2/c1-5-2-7(11(12)13)9-10(5)6-3-8-4-6/h2,6,8H,3-4H2,1H3. The van der Waals surface area contributed by atoms with Crippen molar-refractivity contribution in [3.8, 4) is 0 Å². The second-order valence-corrected chi connectivity index (χ2v) is 3.16. The molecular weight excluding hydrogens is 172 g/mol. The van der Waals surface area contributed by atoms with Crippen LogP contribution in [-0.4, -0.2) is 27.8 Å². The van der Waals surface area contributed by atoms with E-state index in [0.29, 0.717) is 0 Å². The van der Waals surface area contributed by atoms with Gasteiger partial charge in [-0.15, -0.1) is 0 Å². The van der Waals surface area contributed by atoms with Gasteiger partial charge in [0.05, 0.1) is 22.9 Å². The second-order valence-electron chi connectivity index (χ2n) is 3.16. The molecule has 1 aliphatic rings. The van der Waals surface area contributed by atoms with Gasteiger partial charge in [0, 0.05) is 13.1 Å². The van der Waals surface area contributed by atoms with Crippen LogP contribution in [0.5, 0.6) is 0 Å². The maximum absolute atomic E-state index is 10.4. The summed E-state index contributed by atoms with van der Waals surface area (Å²) in [6.45, 7) is 3.53. The number of nitrogens with zero attached hydrogens (tertiary/aromatic N) is 3. The minimum absolute atomic E-state index is 0.0654. The first-order chi connectivity index (χ1) is 6.18. The van der Waals surface area contributed by atoms with Gasteiger partial charge in [0.25, 0.3) is 0 Å². The van der Waals surface area contributed by atoms with Crippen molar-refractivity contribution in [1.82, 2.24) is 15.1 Å². The predicted octanol–water partition coefficient (Wildman–Crippen LogP) is 0.244. The van der Waals surface area contributed by atoms with Crippen molar-refractivity contribution < 1.29 is 4.92 Å². The molecule has 0 aliphatic carbocycles. The summed E-state index contributed by atoms with van der Waals surface area (Å²) < 4.78 is 1.72. The average molecular weight is 182 g/mol. The molecule has 0 aromatic carbocycles. The number of aromatic nitrogens is 2. The van der Waals surface area contributed by atoms with Crippen LogP contribution >= 0.6 is 0 Å². The maximum atomic E-state index is 10.4. The number of nitrogens with one attached hydrogen (secondary N) is 1. The first-order valence-electron chi connectivity index (χ1n) is 4.10. The zero-order chi connectivity index (χ0) is 9.42. The van der Waals surface area contributed by atoms with Gasteiger partial charge in [-0.3, -0.25) is 0 Å². The Balaban J connectivity index is 2.29. The van der Waals surface area contributed by atoms with Crippen LogP contribution in [0.15, 0.2) is 6.07 Å². The summed E-state index contributed by atoms with van der Waals surface area (Å²) in [6.07, 6.45) is 0. The summed E-state index contributed by atoms with van der Waals surface area (Å²) in [5, 5.41) is 17.4. The van der Waals surface area contributed by atoms with Gasteiger partial charge in [-0.05, 0) is 11.8 Å². The van der Waals surface area contributed by atoms with Crippen LogP contribution in [0.2, 0.25) is 0 Å². The van der Waals surface area contributed by atoms with E-state index in [4.69, 9.17) is 0 Å². The summed E-state index contributed by atoms with van der Waals surface area (Å²) >= 11 is 0. The van der Waals surface area contributed by atoms with E-state index in [1.54, 1.807) is 4.68 Å². The lowest BCUT2D eigenvalue weighted by atomic mass is 10.2. The number of rotatable bonds is 2. The Bertz CT molecular complexity index is 342. The predicted molar refractivity (Wildman–Crippen MR) is 45.5 cm³/mol. The summed E-state index contributed by atoms with van der Waals surface area (Å²) in [5.74, 6) is -0.0654. The number of hydrogen-bond acceptors (Lipinski definition) is 4. The molecule has 0 amide bonds. The Kier molecular flexibility index (Phi) is 1.77. The van der Waals surface area contributed by atoms with Gasteiger partial charge in [-0.25, -0.2) is 0 Å². The molecule has 6 nitrogen and oxygen atoms in total. The molecule has 6 heteroatoms. The topological polar surface area (TPSA) is 73.0 Å². The highest BCUT2D eigenvalue weighted by Gasteiger charge is 2.26. The van der Waals surface area contributed by atoms with Crippen LogP contribution in [0.3, 0.4) is 0 Å². The minimum Gasteiger partial charge on any atom is -0.358 e. The zero-order valence-corrected chi connectivity index (χ0v) is 7.23. The Morgan fingerprint density at radius 1 is 1.77 bits per heavy atom. The third-order valence-corrected chi connectivity index (χ3v) is 2.20. The van der Waals surface area contributed by atoms with Crippen molar-refractivity contribution >= 4 is 5.82 Å². The van der Waals surface area contributed by atoms with Gasteiger partial charge >= 0.3 is 5.82 Å². The van der Waals surface area contributed by atoms with Crippen molar-refractivity contribution in [2.24, 2.45) is 0 Å². The van der Waals surface area contributed by atoms with Gasteiger partial charge in [0.15, 0.2) is 0 Å². The second kappa shape index (κ2) is 2.81. The maximum Gasteiger partial charge on any atom is 0.390 e. The molecule has 0 atom stereocenters. The molecule has 1 aromatic heterocycles. The quantitative estimate of drug-likeness (QED) is 0.525. The fraction of sp³-hybridized carbons (Fsp3) is 0.571. The van der Waals surface area contributed by atoms with Crippen molar-refractivity contribution in [2.75, 3.05) is 13.1 Å². The fourth-order valence-corrected chi connectivity index (χ4v) is 1.38. The summed E-state index contributed by atoms with van der Waals surface area (Å²) in [7, 11) is 0. The Hall–Kier alpha value is -1.43. The lowest BCUT2D eigenvalue weighted by Gasteiger charge is -2.25.